The summed E-state index contributed by atoms with van der Waals surface area (Å²) in [6.45, 7) is 2.26. The lowest BCUT2D eigenvalue weighted by Gasteiger charge is -1.99. The number of unbranched alkanes of at least 4 members (excludes halogenated alkanes) is 8. The highest BCUT2D eigenvalue weighted by molar-refractivity contribution is 4.90. The molecule has 0 rings (SSSR count). The van der Waals surface area contributed by atoms with Gasteiger partial charge in [-0.2, -0.15) is 5.26 Å². The zero-order valence-electron chi connectivity index (χ0n) is 10.2. The maximum atomic E-state index is 8.31. The second-order valence-electron chi connectivity index (χ2n) is 4.10. The summed E-state index contributed by atoms with van der Waals surface area (Å²) in [7, 11) is 0. The van der Waals surface area contributed by atoms with Gasteiger partial charge in [0.05, 0.1) is 12.5 Å². The molecule has 0 atom stereocenters. The Hall–Kier alpha value is -0.770. The van der Waals surface area contributed by atoms with Crippen LogP contribution in [0.4, 0.5) is 0 Å². The largest absolute Gasteiger partial charge is 0.198 e. The highest BCUT2D eigenvalue weighted by Gasteiger charge is 1.89. The van der Waals surface area contributed by atoms with Crippen molar-refractivity contribution in [2.75, 3.05) is 0 Å². The van der Waals surface area contributed by atoms with Crippen molar-refractivity contribution in [3.63, 3.8) is 0 Å². The molecule has 0 radical (unpaired) electrons. The molecule has 1 nitrogen and oxygen atoms in total. The number of rotatable bonds is 10. The minimum Gasteiger partial charge on any atom is -0.198 e. The van der Waals surface area contributed by atoms with Crippen molar-refractivity contribution in [2.24, 2.45) is 0 Å². The van der Waals surface area contributed by atoms with Crippen LogP contribution in [0.15, 0.2) is 12.2 Å². The fraction of sp³-hybridized carbons (Fsp3) is 0.786. The topological polar surface area (TPSA) is 23.8 Å². The highest BCUT2D eigenvalue weighted by Crippen LogP contribution is 2.09. The van der Waals surface area contributed by atoms with E-state index in [1.54, 1.807) is 0 Å². The Kier molecular flexibility index (Phi) is 12.6. The van der Waals surface area contributed by atoms with Crippen LogP contribution in [0.25, 0.3) is 0 Å². The normalized spacial score (nSPS) is 10.7. The predicted molar refractivity (Wildman–Crippen MR) is 66.6 cm³/mol. The van der Waals surface area contributed by atoms with E-state index in [-0.39, 0.29) is 0 Å². The molecule has 86 valence electrons. The number of allylic oxidation sites excluding steroid dienone is 2. The third-order valence-electron chi connectivity index (χ3n) is 2.60. The van der Waals surface area contributed by atoms with E-state index in [9.17, 15) is 0 Å². The van der Waals surface area contributed by atoms with Gasteiger partial charge in [0.15, 0.2) is 0 Å². The van der Waals surface area contributed by atoms with Crippen molar-refractivity contribution in [1.29, 1.82) is 5.26 Å². The molecule has 0 amide bonds. The van der Waals surface area contributed by atoms with Crippen molar-refractivity contribution in [3.8, 4) is 6.07 Å². The van der Waals surface area contributed by atoms with Crippen molar-refractivity contribution in [1.82, 2.24) is 0 Å². The molecule has 0 aromatic heterocycles. The van der Waals surface area contributed by atoms with Gasteiger partial charge >= 0.3 is 0 Å². The van der Waals surface area contributed by atoms with Crippen LogP contribution in [0.5, 0.6) is 0 Å². The molecule has 0 heterocycles. The molecule has 0 N–H and O–H groups in total. The molecule has 0 unspecified atom stereocenters. The molecule has 0 saturated carbocycles. The highest BCUT2D eigenvalue weighted by atomic mass is 14.2. The molecular formula is C14H25N. The van der Waals surface area contributed by atoms with Crippen LogP contribution < -0.4 is 0 Å². The molecule has 0 aromatic carbocycles. The van der Waals surface area contributed by atoms with Crippen LogP contribution in [0.1, 0.15) is 71.1 Å². The van der Waals surface area contributed by atoms with Crippen LogP contribution in [-0.2, 0) is 0 Å². The van der Waals surface area contributed by atoms with Gasteiger partial charge in [0.1, 0.15) is 0 Å². The summed E-state index contributed by atoms with van der Waals surface area (Å²) in [5.74, 6) is 0. The van der Waals surface area contributed by atoms with Crippen molar-refractivity contribution >= 4 is 0 Å². The minimum absolute atomic E-state index is 0.566. The average molecular weight is 207 g/mol. The molecule has 0 aromatic rings. The average Bonchev–Trinajstić information content (AvgIpc) is 2.26. The summed E-state index contributed by atoms with van der Waals surface area (Å²) in [5.41, 5.74) is 0. The summed E-state index contributed by atoms with van der Waals surface area (Å²) in [6, 6.07) is 2.11. The second-order valence-corrected chi connectivity index (χ2v) is 4.10. The lowest BCUT2D eigenvalue weighted by molar-refractivity contribution is 0.577. The monoisotopic (exact) mass is 207 g/mol. The molecular weight excluding hydrogens is 182 g/mol. The summed E-state index contributed by atoms with van der Waals surface area (Å²) in [5, 5.41) is 8.31. The third-order valence-corrected chi connectivity index (χ3v) is 2.60. The second kappa shape index (κ2) is 13.2. The van der Waals surface area contributed by atoms with Gasteiger partial charge in [-0.15, -0.1) is 0 Å². The van der Waals surface area contributed by atoms with Crippen LogP contribution in [0.2, 0.25) is 0 Å². The first-order valence-electron chi connectivity index (χ1n) is 6.43. The van der Waals surface area contributed by atoms with Crippen molar-refractivity contribution in [2.45, 2.75) is 71.1 Å². The molecule has 0 aliphatic heterocycles. The smallest absolute Gasteiger partial charge is 0.0663 e. The molecule has 0 aliphatic carbocycles. The maximum absolute atomic E-state index is 8.31. The van der Waals surface area contributed by atoms with E-state index < -0.39 is 0 Å². The van der Waals surface area contributed by atoms with E-state index in [4.69, 9.17) is 5.26 Å². The number of hydrogen-bond donors (Lipinski definition) is 0. The Morgan fingerprint density at radius 2 is 1.47 bits per heavy atom. The Balaban J connectivity index is 2.96. The Morgan fingerprint density at radius 3 is 2.07 bits per heavy atom. The van der Waals surface area contributed by atoms with E-state index >= 15 is 0 Å². The van der Waals surface area contributed by atoms with Gasteiger partial charge in [0.25, 0.3) is 0 Å². The first-order valence-corrected chi connectivity index (χ1v) is 6.43. The van der Waals surface area contributed by atoms with Gasteiger partial charge in [-0.05, 0) is 12.8 Å². The van der Waals surface area contributed by atoms with E-state index in [0.29, 0.717) is 6.42 Å². The van der Waals surface area contributed by atoms with Gasteiger partial charge in [-0.25, -0.2) is 0 Å². The van der Waals surface area contributed by atoms with Crippen LogP contribution in [0, 0.1) is 11.3 Å². The van der Waals surface area contributed by atoms with Gasteiger partial charge in [0.2, 0.25) is 0 Å². The molecule has 0 aliphatic rings. The van der Waals surface area contributed by atoms with Crippen molar-refractivity contribution < 1.29 is 0 Å². The molecule has 15 heavy (non-hydrogen) atoms. The molecule has 0 saturated heterocycles. The van der Waals surface area contributed by atoms with Crippen LogP contribution in [0.3, 0.4) is 0 Å². The molecule has 0 bridgehead atoms. The maximum Gasteiger partial charge on any atom is 0.0663 e. The lowest BCUT2D eigenvalue weighted by atomic mass is 10.1. The number of hydrogen-bond acceptors (Lipinski definition) is 1. The summed E-state index contributed by atoms with van der Waals surface area (Å²) in [4.78, 5) is 0. The third kappa shape index (κ3) is 13.2. The van der Waals surface area contributed by atoms with Gasteiger partial charge in [-0.3, -0.25) is 0 Å². The molecule has 0 spiro atoms. The van der Waals surface area contributed by atoms with Crippen LogP contribution >= 0.6 is 0 Å². The SMILES string of the molecule is CCCCCCCCCCC=CCC#N. The summed E-state index contributed by atoms with van der Waals surface area (Å²) < 4.78 is 0. The Morgan fingerprint density at radius 1 is 0.867 bits per heavy atom. The fourth-order valence-corrected chi connectivity index (χ4v) is 1.65. The van der Waals surface area contributed by atoms with Crippen LogP contribution in [-0.4, -0.2) is 0 Å². The Labute approximate surface area is 95.2 Å². The van der Waals surface area contributed by atoms with Gasteiger partial charge in [-0.1, -0.05) is 64.0 Å². The van der Waals surface area contributed by atoms with Gasteiger partial charge < -0.3 is 0 Å². The number of nitriles is 1. The molecule has 0 fully saturated rings. The Bertz CT molecular complexity index is 176. The summed E-state index contributed by atoms with van der Waals surface area (Å²) in [6.07, 6.45) is 16.8. The van der Waals surface area contributed by atoms with Gasteiger partial charge in [0, 0.05) is 0 Å². The van der Waals surface area contributed by atoms with E-state index in [2.05, 4.69) is 19.1 Å². The zero-order chi connectivity index (χ0) is 11.2. The van der Waals surface area contributed by atoms with Crippen molar-refractivity contribution in [3.05, 3.63) is 12.2 Å². The van der Waals surface area contributed by atoms with E-state index in [0.717, 1.165) is 6.42 Å². The summed E-state index contributed by atoms with van der Waals surface area (Å²) >= 11 is 0. The lowest BCUT2D eigenvalue weighted by Crippen LogP contribution is -1.79. The predicted octanol–water partition coefficient (Wildman–Crippen LogP) is 4.99. The number of nitrogens with zero attached hydrogens (tertiary/aromatic N) is 1. The fourth-order valence-electron chi connectivity index (χ4n) is 1.65. The zero-order valence-corrected chi connectivity index (χ0v) is 10.2. The first-order chi connectivity index (χ1) is 7.41. The standard InChI is InChI=1S/C14H25N/c1-2-3-4-5-6-7-8-9-10-11-12-13-14-15/h11-12H,2-10,13H2,1H3. The quantitative estimate of drug-likeness (QED) is 0.366. The van der Waals surface area contributed by atoms with E-state index in [1.807, 2.05) is 6.08 Å². The first kappa shape index (κ1) is 14.2. The molecule has 1 heteroatoms. The minimum atomic E-state index is 0.566. The van der Waals surface area contributed by atoms with E-state index in [1.165, 1.54) is 51.4 Å².